The molecule has 0 aliphatic heterocycles. The van der Waals surface area contributed by atoms with Crippen molar-refractivity contribution in [3.63, 3.8) is 0 Å². The van der Waals surface area contributed by atoms with Crippen LogP contribution in [-0.2, 0) is 11.3 Å². The van der Waals surface area contributed by atoms with Crippen LogP contribution in [0.4, 0.5) is 0 Å². The van der Waals surface area contributed by atoms with Crippen LogP contribution in [0.1, 0.15) is 5.76 Å². The minimum Gasteiger partial charge on any atom is -0.468 e. The fraction of sp³-hybridized carbons (Fsp3) is 0.600. The van der Waals surface area contributed by atoms with Crippen molar-refractivity contribution in [3.8, 4) is 0 Å². The molecule has 1 rings (SSSR count). The Morgan fingerprint density at radius 2 is 2.36 bits per heavy atom. The third-order valence-electron chi connectivity index (χ3n) is 1.89. The largest absolute Gasteiger partial charge is 0.468 e. The summed E-state index contributed by atoms with van der Waals surface area (Å²) in [5.74, 6) is 0.978. The molecule has 0 saturated carbocycles. The van der Waals surface area contributed by atoms with Crippen LogP contribution in [0.3, 0.4) is 0 Å². The molecule has 0 aliphatic carbocycles. The van der Waals surface area contributed by atoms with Crippen molar-refractivity contribution in [3.05, 3.63) is 24.2 Å². The van der Waals surface area contributed by atoms with Crippen molar-refractivity contribution in [2.24, 2.45) is 5.73 Å². The van der Waals surface area contributed by atoms with Gasteiger partial charge in [-0.2, -0.15) is 0 Å². The monoisotopic (exact) mass is 198 g/mol. The summed E-state index contributed by atoms with van der Waals surface area (Å²) in [6.45, 7) is 3.64. The molecule has 0 radical (unpaired) electrons. The molecule has 0 spiro atoms. The maximum absolute atomic E-state index is 5.30. The van der Waals surface area contributed by atoms with E-state index in [4.69, 9.17) is 14.9 Å². The second-order valence-electron chi connectivity index (χ2n) is 3.22. The fourth-order valence-electron chi connectivity index (χ4n) is 1.15. The van der Waals surface area contributed by atoms with E-state index in [9.17, 15) is 0 Å². The Balaban J connectivity index is 2.07. The van der Waals surface area contributed by atoms with Gasteiger partial charge in [-0.25, -0.2) is 0 Å². The van der Waals surface area contributed by atoms with Crippen molar-refractivity contribution in [2.75, 3.05) is 33.4 Å². The van der Waals surface area contributed by atoms with E-state index >= 15 is 0 Å². The molecule has 0 saturated heterocycles. The molecule has 4 heteroatoms. The first-order valence-electron chi connectivity index (χ1n) is 4.81. The smallest absolute Gasteiger partial charge is 0.117 e. The van der Waals surface area contributed by atoms with Crippen LogP contribution in [0, 0.1) is 0 Å². The third kappa shape index (κ3) is 4.41. The van der Waals surface area contributed by atoms with Gasteiger partial charge in [-0.15, -0.1) is 0 Å². The van der Waals surface area contributed by atoms with Gasteiger partial charge < -0.3 is 14.9 Å². The Hall–Kier alpha value is -0.840. The molecule has 0 fully saturated rings. The Bertz CT molecular complexity index is 224. The molecule has 1 heterocycles. The van der Waals surface area contributed by atoms with Crippen molar-refractivity contribution in [2.45, 2.75) is 6.54 Å². The van der Waals surface area contributed by atoms with Gasteiger partial charge in [-0.1, -0.05) is 0 Å². The summed E-state index contributed by atoms with van der Waals surface area (Å²) < 4.78 is 10.5. The summed E-state index contributed by atoms with van der Waals surface area (Å²) in [6, 6.07) is 3.87. The highest BCUT2D eigenvalue weighted by molar-refractivity contribution is 4.97. The number of rotatable bonds is 7. The van der Waals surface area contributed by atoms with E-state index in [2.05, 4.69) is 4.90 Å². The average molecular weight is 198 g/mol. The summed E-state index contributed by atoms with van der Waals surface area (Å²) in [7, 11) is 2.04. The standard InChI is InChI=1S/C10H18N2O2/c1-12(5-8-13-7-4-11)9-10-3-2-6-14-10/h2-3,6H,4-5,7-9,11H2,1H3. The molecule has 1 aromatic heterocycles. The highest BCUT2D eigenvalue weighted by Crippen LogP contribution is 2.02. The first-order chi connectivity index (χ1) is 6.83. The molecule has 2 N–H and O–H groups in total. The summed E-state index contributed by atoms with van der Waals surface area (Å²) in [6.07, 6.45) is 1.69. The number of nitrogens with two attached hydrogens (primary N) is 1. The number of ether oxygens (including phenoxy) is 1. The summed E-state index contributed by atoms with van der Waals surface area (Å²) in [5.41, 5.74) is 5.30. The lowest BCUT2D eigenvalue weighted by Gasteiger charge is -2.14. The van der Waals surface area contributed by atoms with Crippen LogP contribution < -0.4 is 5.73 Å². The van der Waals surface area contributed by atoms with E-state index in [0.717, 1.165) is 18.8 Å². The van der Waals surface area contributed by atoms with Crippen LogP contribution in [0.15, 0.2) is 22.8 Å². The lowest BCUT2D eigenvalue weighted by molar-refractivity contribution is 0.113. The first-order valence-corrected chi connectivity index (χ1v) is 4.81. The molecule has 14 heavy (non-hydrogen) atoms. The molecule has 1 aromatic rings. The Morgan fingerprint density at radius 1 is 1.50 bits per heavy atom. The fourth-order valence-corrected chi connectivity index (χ4v) is 1.15. The molecule has 80 valence electrons. The van der Waals surface area contributed by atoms with Crippen molar-refractivity contribution >= 4 is 0 Å². The first kappa shape index (κ1) is 11.2. The van der Waals surface area contributed by atoms with Gasteiger partial charge in [-0.05, 0) is 19.2 Å². The summed E-state index contributed by atoms with van der Waals surface area (Å²) in [5, 5.41) is 0. The van der Waals surface area contributed by atoms with Gasteiger partial charge >= 0.3 is 0 Å². The highest BCUT2D eigenvalue weighted by atomic mass is 16.5. The molecule has 0 aliphatic rings. The van der Waals surface area contributed by atoms with Crippen molar-refractivity contribution in [1.82, 2.24) is 4.90 Å². The molecular formula is C10H18N2O2. The van der Waals surface area contributed by atoms with E-state index in [0.29, 0.717) is 19.8 Å². The van der Waals surface area contributed by atoms with Crippen LogP contribution in [0.25, 0.3) is 0 Å². The molecule has 0 atom stereocenters. The van der Waals surface area contributed by atoms with Gasteiger partial charge in [0.25, 0.3) is 0 Å². The van der Waals surface area contributed by atoms with Gasteiger partial charge in [0.2, 0.25) is 0 Å². The zero-order chi connectivity index (χ0) is 10.2. The van der Waals surface area contributed by atoms with Gasteiger partial charge in [0.15, 0.2) is 0 Å². The number of hydrogen-bond donors (Lipinski definition) is 1. The molecule has 4 nitrogen and oxygen atoms in total. The van der Waals surface area contributed by atoms with Crippen molar-refractivity contribution in [1.29, 1.82) is 0 Å². The van der Waals surface area contributed by atoms with E-state index in [1.165, 1.54) is 0 Å². The van der Waals surface area contributed by atoms with Gasteiger partial charge in [-0.3, -0.25) is 4.90 Å². The van der Waals surface area contributed by atoms with Crippen molar-refractivity contribution < 1.29 is 9.15 Å². The zero-order valence-corrected chi connectivity index (χ0v) is 8.61. The predicted octanol–water partition coefficient (Wildman–Crippen LogP) is 0.687. The second kappa shape index (κ2) is 6.59. The number of hydrogen-bond acceptors (Lipinski definition) is 4. The maximum atomic E-state index is 5.30. The molecule has 0 aromatic carbocycles. The highest BCUT2D eigenvalue weighted by Gasteiger charge is 2.01. The minimum atomic E-state index is 0.585. The molecular weight excluding hydrogens is 180 g/mol. The van der Waals surface area contributed by atoms with Crippen LogP contribution in [0.2, 0.25) is 0 Å². The van der Waals surface area contributed by atoms with E-state index in [1.54, 1.807) is 6.26 Å². The SMILES string of the molecule is CN(CCOCCN)Cc1ccco1. The number of furan rings is 1. The van der Waals surface area contributed by atoms with Crippen LogP contribution in [0.5, 0.6) is 0 Å². The number of likely N-dealkylation sites (N-methyl/N-ethyl adjacent to an activating group) is 1. The minimum absolute atomic E-state index is 0.585. The maximum Gasteiger partial charge on any atom is 0.117 e. The quantitative estimate of drug-likeness (QED) is 0.655. The Labute approximate surface area is 84.6 Å². The average Bonchev–Trinajstić information content (AvgIpc) is 2.65. The predicted molar refractivity (Wildman–Crippen MR) is 54.9 cm³/mol. The molecule has 0 unspecified atom stereocenters. The van der Waals surface area contributed by atoms with E-state index in [-0.39, 0.29) is 0 Å². The third-order valence-corrected chi connectivity index (χ3v) is 1.89. The summed E-state index contributed by atoms with van der Waals surface area (Å²) >= 11 is 0. The van der Waals surface area contributed by atoms with Crippen LogP contribution in [-0.4, -0.2) is 38.3 Å². The lowest BCUT2D eigenvalue weighted by Crippen LogP contribution is -2.23. The van der Waals surface area contributed by atoms with E-state index < -0.39 is 0 Å². The van der Waals surface area contributed by atoms with Gasteiger partial charge in [0.05, 0.1) is 26.0 Å². The van der Waals surface area contributed by atoms with Crippen LogP contribution >= 0.6 is 0 Å². The molecule has 0 bridgehead atoms. The molecule has 0 amide bonds. The normalized spacial score (nSPS) is 11.1. The lowest BCUT2D eigenvalue weighted by atomic mass is 10.4. The summed E-state index contributed by atoms with van der Waals surface area (Å²) in [4.78, 5) is 2.15. The topological polar surface area (TPSA) is 51.6 Å². The van der Waals surface area contributed by atoms with E-state index in [1.807, 2.05) is 19.2 Å². The number of nitrogens with zero attached hydrogens (tertiary/aromatic N) is 1. The van der Waals surface area contributed by atoms with Gasteiger partial charge in [0.1, 0.15) is 5.76 Å². The zero-order valence-electron chi connectivity index (χ0n) is 8.61. The Kier molecular flexibility index (Phi) is 5.29. The second-order valence-corrected chi connectivity index (χ2v) is 3.22. The van der Waals surface area contributed by atoms with Gasteiger partial charge in [0, 0.05) is 13.1 Å². The Morgan fingerprint density at radius 3 is 3.00 bits per heavy atom.